The molecule has 8 nitrogen and oxygen atoms in total. The average Bonchev–Trinajstić information content (AvgIpc) is 3.42. The highest BCUT2D eigenvalue weighted by molar-refractivity contribution is 6.30. The van der Waals surface area contributed by atoms with Crippen molar-refractivity contribution in [1.29, 1.82) is 0 Å². The number of aromatic nitrogens is 5. The van der Waals surface area contributed by atoms with E-state index in [1.54, 1.807) is 47.5 Å². The van der Waals surface area contributed by atoms with Gasteiger partial charge < -0.3 is 9.84 Å². The number of carbonyl (C=O) groups is 1. The topological polar surface area (TPSA) is 98.7 Å². The molecule has 1 aromatic carbocycles. The first-order chi connectivity index (χ1) is 14.2. The van der Waals surface area contributed by atoms with Crippen molar-refractivity contribution in [2.45, 2.75) is 19.3 Å². The van der Waals surface area contributed by atoms with Crippen molar-refractivity contribution in [1.82, 2.24) is 24.9 Å². The lowest BCUT2D eigenvalue weighted by atomic mass is 10.2. The molecule has 0 aliphatic rings. The largest absolute Gasteiger partial charge is 0.339 e. The number of amides is 1. The van der Waals surface area contributed by atoms with Gasteiger partial charge in [0.2, 0.25) is 17.6 Å². The fraction of sp³-hybridized carbons (Fsp3) is 0.150. The number of hydrogen-bond donors (Lipinski definition) is 1. The van der Waals surface area contributed by atoms with Crippen LogP contribution in [0.3, 0.4) is 0 Å². The zero-order valence-corrected chi connectivity index (χ0v) is 16.1. The molecule has 4 rings (SSSR count). The highest BCUT2D eigenvalue weighted by Gasteiger charge is 2.10. The molecule has 1 amide bonds. The van der Waals surface area contributed by atoms with Crippen LogP contribution in [0.5, 0.6) is 0 Å². The van der Waals surface area contributed by atoms with E-state index in [0.717, 1.165) is 5.56 Å². The van der Waals surface area contributed by atoms with Crippen molar-refractivity contribution >= 4 is 23.2 Å². The van der Waals surface area contributed by atoms with Crippen molar-refractivity contribution in [2.24, 2.45) is 0 Å². The zero-order valence-electron chi connectivity index (χ0n) is 15.3. The van der Waals surface area contributed by atoms with Crippen LogP contribution < -0.4 is 5.32 Å². The maximum Gasteiger partial charge on any atom is 0.226 e. The molecule has 0 unspecified atom stereocenters. The normalized spacial score (nSPS) is 10.8. The maximum atomic E-state index is 12.1. The molecule has 0 fully saturated rings. The molecule has 0 saturated heterocycles. The van der Waals surface area contributed by atoms with E-state index in [-0.39, 0.29) is 5.91 Å². The lowest BCUT2D eigenvalue weighted by Crippen LogP contribution is -2.12. The number of nitrogens with zero attached hydrogens (tertiary/aromatic N) is 5. The fourth-order valence-corrected chi connectivity index (χ4v) is 2.82. The second-order valence-corrected chi connectivity index (χ2v) is 6.71. The predicted octanol–water partition coefficient (Wildman–Crippen LogP) is 3.93. The van der Waals surface area contributed by atoms with Gasteiger partial charge in [-0.05, 0) is 48.9 Å². The van der Waals surface area contributed by atoms with Crippen LogP contribution in [0.15, 0.2) is 65.6 Å². The summed E-state index contributed by atoms with van der Waals surface area (Å²) >= 11 is 5.88. The third kappa shape index (κ3) is 4.85. The first-order valence-corrected chi connectivity index (χ1v) is 9.39. The van der Waals surface area contributed by atoms with Gasteiger partial charge >= 0.3 is 0 Å². The minimum Gasteiger partial charge on any atom is -0.339 e. The van der Waals surface area contributed by atoms with Gasteiger partial charge in [-0.15, -0.1) is 0 Å². The van der Waals surface area contributed by atoms with Gasteiger partial charge in [-0.1, -0.05) is 16.8 Å². The second-order valence-electron chi connectivity index (χ2n) is 6.28. The Morgan fingerprint density at radius 3 is 2.76 bits per heavy atom. The standard InChI is InChI=1S/C20H17ClN6O2/c21-15-7-5-14(6-8-15)20-25-19(29-26-20)4-1-3-18(28)24-16-9-10-17(22-13-16)27-12-2-11-23-27/h2,5-13H,1,3-4H2,(H,24,28). The smallest absolute Gasteiger partial charge is 0.226 e. The molecule has 0 spiro atoms. The number of pyridine rings is 1. The Morgan fingerprint density at radius 2 is 2.03 bits per heavy atom. The Bertz CT molecular complexity index is 1080. The molecule has 146 valence electrons. The summed E-state index contributed by atoms with van der Waals surface area (Å²) in [6, 6.07) is 12.6. The molecule has 0 aliphatic heterocycles. The lowest BCUT2D eigenvalue weighted by molar-refractivity contribution is -0.116. The third-order valence-electron chi connectivity index (χ3n) is 4.14. The average molecular weight is 409 g/mol. The van der Waals surface area contributed by atoms with E-state index in [2.05, 4.69) is 25.5 Å². The number of anilines is 1. The minimum absolute atomic E-state index is 0.101. The molecule has 29 heavy (non-hydrogen) atoms. The molecule has 0 radical (unpaired) electrons. The molecule has 0 atom stereocenters. The van der Waals surface area contributed by atoms with Crippen LogP contribution in [0, 0.1) is 0 Å². The lowest BCUT2D eigenvalue weighted by Gasteiger charge is -2.05. The highest BCUT2D eigenvalue weighted by atomic mass is 35.5. The summed E-state index contributed by atoms with van der Waals surface area (Å²) < 4.78 is 6.90. The van der Waals surface area contributed by atoms with Crippen molar-refractivity contribution in [3.05, 3.63) is 72.0 Å². The Hall–Kier alpha value is -3.52. The number of nitrogens with one attached hydrogen (secondary N) is 1. The Balaban J connectivity index is 1.25. The summed E-state index contributed by atoms with van der Waals surface area (Å²) in [6.07, 6.45) is 6.53. The summed E-state index contributed by atoms with van der Waals surface area (Å²) in [6.45, 7) is 0. The van der Waals surface area contributed by atoms with Gasteiger partial charge in [0, 0.05) is 35.8 Å². The highest BCUT2D eigenvalue weighted by Crippen LogP contribution is 2.19. The first-order valence-electron chi connectivity index (χ1n) is 9.02. The molecule has 3 heterocycles. The number of halogens is 1. The van der Waals surface area contributed by atoms with Crippen LogP contribution >= 0.6 is 11.6 Å². The van der Waals surface area contributed by atoms with E-state index in [0.29, 0.717) is 47.5 Å². The van der Waals surface area contributed by atoms with Crippen LogP contribution in [0.25, 0.3) is 17.2 Å². The van der Waals surface area contributed by atoms with E-state index in [4.69, 9.17) is 16.1 Å². The Morgan fingerprint density at radius 1 is 1.17 bits per heavy atom. The quantitative estimate of drug-likeness (QED) is 0.497. The van der Waals surface area contributed by atoms with E-state index in [9.17, 15) is 4.79 Å². The van der Waals surface area contributed by atoms with Crippen molar-refractivity contribution < 1.29 is 9.32 Å². The SMILES string of the molecule is O=C(CCCc1nc(-c2ccc(Cl)cc2)no1)Nc1ccc(-n2cccn2)nc1. The maximum absolute atomic E-state index is 12.1. The van der Waals surface area contributed by atoms with Crippen LogP contribution in [0.2, 0.25) is 5.02 Å². The summed E-state index contributed by atoms with van der Waals surface area (Å²) in [4.78, 5) is 20.8. The molecule has 0 bridgehead atoms. The molecule has 9 heteroatoms. The second kappa shape index (κ2) is 8.66. The molecule has 1 N–H and O–H groups in total. The van der Waals surface area contributed by atoms with Gasteiger partial charge in [0.1, 0.15) is 0 Å². The van der Waals surface area contributed by atoms with Crippen molar-refractivity contribution in [3.8, 4) is 17.2 Å². The van der Waals surface area contributed by atoms with Gasteiger partial charge in [-0.3, -0.25) is 4.79 Å². The van der Waals surface area contributed by atoms with Gasteiger partial charge in [0.05, 0.1) is 11.9 Å². The fourth-order valence-electron chi connectivity index (χ4n) is 2.70. The summed E-state index contributed by atoms with van der Waals surface area (Å²) in [5.74, 6) is 1.58. The summed E-state index contributed by atoms with van der Waals surface area (Å²) in [7, 11) is 0. The van der Waals surface area contributed by atoms with E-state index in [1.807, 2.05) is 18.2 Å². The van der Waals surface area contributed by atoms with Crippen LogP contribution in [-0.2, 0) is 11.2 Å². The third-order valence-corrected chi connectivity index (χ3v) is 4.39. The van der Waals surface area contributed by atoms with Gasteiger partial charge in [0.25, 0.3) is 0 Å². The van der Waals surface area contributed by atoms with Crippen molar-refractivity contribution in [2.75, 3.05) is 5.32 Å². The van der Waals surface area contributed by atoms with Gasteiger partial charge in [0.15, 0.2) is 5.82 Å². The predicted molar refractivity (Wildman–Crippen MR) is 108 cm³/mol. The molecule has 0 saturated carbocycles. The van der Waals surface area contributed by atoms with Gasteiger partial charge in [-0.25, -0.2) is 9.67 Å². The van der Waals surface area contributed by atoms with Crippen LogP contribution in [-0.4, -0.2) is 30.8 Å². The number of rotatable bonds is 7. The van der Waals surface area contributed by atoms with Crippen LogP contribution in [0.4, 0.5) is 5.69 Å². The Kier molecular flexibility index (Phi) is 5.62. The molecular formula is C20H17ClN6O2. The molecule has 3 aromatic heterocycles. The number of carbonyl (C=O) groups excluding carboxylic acids is 1. The summed E-state index contributed by atoms with van der Waals surface area (Å²) in [5, 5.41) is 11.6. The van der Waals surface area contributed by atoms with Crippen LogP contribution in [0.1, 0.15) is 18.7 Å². The molecule has 4 aromatic rings. The van der Waals surface area contributed by atoms with E-state index in [1.165, 1.54) is 0 Å². The minimum atomic E-state index is -0.101. The number of hydrogen-bond acceptors (Lipinski definition) is 6. The summed E-state index contributed by atoms with van der Waals surface area (Å²) in [5.41, 5.74) is 1.46. The number of benzene rings is 1. The Labute approximate surface area is 171 Å². The molecule has 0 aliphatic carbocycles. The van der Waals surface area contributed by atoms with E-state index < -0.39 is 0 Å². The monoisotopic (exact) mass is 408 g/mol. The zero-order chi connectivity index (χ0) is 20.1. The van der Waals surface area contributed by atoms with Crippen molar-refractivity contribution in [3.63, 3.8) is 0 Å². The molecular weight excluding hydrogens is 392 g/mol. The van der Waals surface area contributed by atoms with Gasteiger partial charge in [-0.2, -0.15) is 10.1 Å². The first kappa shape index (κ1) is 18.8. The number of aryl methyl sites for hydroxylation is 1. The van der Waals surface area contributed by atoms with E-state index >= 15 is 0 Å².